The van der Waals surface area contributed by atoms with Crippen molar-refractivity contribution in [2.75, 3.05) is 25.7 Å². The van der Waals surface area contributed by atoms with Crippen LogP contribution in [0.15, 0.2) is 29.2 Å². The van der Waals surface area contributed by atoms with Crippen molar-refractivity contribution in [1.29, 1.82) is 0 Å². The van der Waals surface area contributed by atoms with Crippen LogP contribution in [0.5, 0.6) is 0 Å². The lowest BCUT2D eigenvalue weighted by molar-refractivity contribution is -0.139. The molecule has 7 heteroatoms. The lowest BCUT2D eigenvalue weighted by Gasteiger charge is -2.07. The second kappa shape index (κ2) is 9.07. The summed E-state index contributed by atoms with van der Waals surface area (Å²) < 4.78 is 31.2. The minimum absolute atomic E-state index is 0.138. The number of methoxy groups -OCH3 is 1. The van der Waals surface area contributed by atoms with Crippen molar-refractivity contribution >= 4 is 27.8 Å². The smallest absolute Gasteiger partial charge is 0.309 e. The van der Waals surface area contributed by atoms with Crippen LogP contribution in [-0.4, -0.2) is 40.1 Å². The fourth-order valence-corrected chi connectivity index (χ4v) is 3.25. The van der Waals surface area contributed by atoms with Crippen molar-refractivity contribution in [1.82, 2.24) is 4.72 Å². The molecule has 0 aliphatic rings. The molecule has 1 rings (SSSR count). The van der Waals surface area contributed by atoms with E-state index in [1.807, 2.05) is 6.26 Å². The van der Waals surface area contributed by atoms with Crippen LogP contribution in [0.2, 0.25) is 0 Å². The summed E-state index contributed by atoms with van der Waals surface area (Å²) in [6.45, 7) is 0.437. The first-order valence-electron chi connectivity index (χ1n) is 6.64. The van der Waals surface area contributed by atoms with E-state index >= 15 is 0 Å². The number of benzene rings is 1. The molecule has 0 radical (unpaired) electrons. The van der Waals surface area contributed by atoms with E-state index in [9.17, 15) is 13.2 Å². The van der Waals surface area contributed by atoms with E-state index in [4.69, 9.17) is 0 Å². The maximum absolute atomic E-state index is 12.0. The number of esters is 1. The summed E-state index contributed by atoms with van der Waals surface area (Å²) in [5.41, 5.74) is 0.723. The summed E-state index contributed by atoms with van der Waals surface area (Å²) in [5, 5.41) is 0. The molecule has 5 nitrogen and oxygen atoms in total. The molecule has 0 bridgehead atoms. The van der Waals surface area contributed by atoms with E-state index in [0.29, 0.717) is 6.54 Å². The van der Waals surface area contributed by atoms with Crippen LogP contribution in [-0.2, 0) is 26.0 Å². The summed E-state index contributed by atoms with van der Waals surface area (Å²) in [6, 6.07) is 6.25. The van der Waals surface area contributed by atoms with Crippen LogP contribution in [0.25, 0.3) is 0 Å². The van der Waals surface area contributed by atoms with E-state index in [0.717, 1.165) is 24.2 Å². The number of ether oxygens (including phenoxy) is 1. The number of unbranched alkanes of at least 4 members (excludes halogenated alkanes) is 1. The van der Waals surface area contributed by atoms with Gasteiger partial charge in [0.1, 0.15) is 0 Å². The number of thioether (sulfide) groups is 1. The van der Waals surface area contributed by atoms with E-state index in [1.165, 1.54) is 19.2 Å². The first-order chi connectivity index (χ1) is 9.99. The highest BCUT2D eigenvalue weighted by Gasteiger charge is 2.13. The number of rotatable bonds is 9. The highest BCUT2D eigenvalue weighted by Crippen LogP contribution is 2.11. The topological polar surface area (TPSA) is 72.5 Å². The molecular weight excluding hydrogens is 310 g/mol. The van der Waals surface area contributed by atoms with Crippen LogP contribution in [0, 0.1) is 0 Å². The van der Waals surface area contributed by atoms with Crippen LogP contribution in [0.4, 0.5) is 0 Å². The minimum Gasteiger partial charge on any atom is -0.469 e. The van der Waals surface area contributed by atoms with Crippen LogP contribution in [0.3, 0.4) is 0 Å². The van der Waals surface area contributed by atoms with Gasteiger partial charge in [0.05, 0.1) is 18.4 Å². The lowest BCUT2D eigenvalue weighted by Crippen LogP contribution is -2.24. The fourth-order valence-electron chi connectivity index (χ4n) is 1.69. The molecule has 0 spiro atoms. The molecule has 0 saturated heterocycles. The summed E-state index contributed by atoms with van der Waals surface area (Å²) in [7, 11) is -2.15. The third kappa shape index (κ3) is 6.50. The van der Waals surface area contributed by atoms with Gasteiger partial charge >= 0.3 is 5.97 Å². The number of hydrogen-bond donors (Lipinski definition) is 1. The standard InChI is InChI=1S/C14H21NO4S2/c1-19-14(16)11-12-5-7-13(8-6-12)21(17,18)15-9-3-4-10-20-2/h5-8,15H,3-4,9-11H2,1-2H3. The molecule has 0 atom stereocenters. The van der Waals surface area contributed by atoms with E-state index in [2.05, 4.69) is 9.46 Å². The number of hydrogen-bond acceptors (Lipinski definition) is 5. The lowest BCUT2D eigenvalue weighted by atomic mass is 10.2. The predicted molar refractivity (Wildman–Crippen MR) is 85.0 cm³/mol. The molecule has 0 fully saturated rings. The average Bonchev–Trinajstić information content (AvgIpc) is 2.47. The molecule has 0 heterocycles. The molecule has 1 aromatic carbocycles. The maximum atomic E-state index is 12.0. The zero-order valence-electron chi connectivity index (χ0n) is 12.3. The van der Waals surface area contributed by atoms with Gasteiger partial charge in [-0.1, -0.05) is 12.1 Å². The Morgan fingerprint density at radius 2 is 1.90 bits per heavy atom. The fraction of sp³-hybridized carbons (Fsp3) is 0.500. The van der Waals surface area contributed by atoms with Gasteiger partial charge in [0, 0.05) is 6.54 Å². The van der Waals surface area contributed by atoms with Gasteiger partial charge in [-0.2, -0.15) is 11.8 Å². The molecule has 0 aliphatic carbocycles. The largest absolute Gasteiger partial charge is 0.469 e. The van der Waals surface area contributed by atoms with Crippen molar-refractivity contribution in [2.24, 2.45) is 0 Å². The van der Waals surface area contributed by atoms with Crippen molar-refractivity contribution in [3.8, 4) is 0 Å². The first kappa shape index (κ1) is 18.0. The van der Waals surface area contributed by atoms with E-state index in [-0.39, 0.29) is 17.3 Å². The molecule has 0 aliphatic heterocycles. The summed E-state index contributed by atoms with van der Waals surface area (Å²) in [6.07, 6.45) is 3.97. The SMILES string of the molecule is COC(=O)Cc1ccc(S(=O)(=O)NCCCCSC)cc1. The maximum Gasteiger partial charge on any atom is 0.309 e. The Kier molecular flexibility index (Phi) is 7.77. The van der Waals surface area contributed by atoms with Gasteiger partial charge in [0.25, 0.3) is 0 Å². The number of carbonyl (C=O) groups excluding carboxylic acids is 1. The third-order valence-electron chi connectivity index (χ3n) is 2.88. The molecule has 1 N–H and O–H groups in total. The Morgan fingerprint density at radius 3 is 2.48 bits per heavy atom. The van der Waals surface area contributed by atoms with Crippen molar-refractivity contribution in [3.63, 3.8) is 0 Å². The molecule has 21 heavy (non-hydrogen) atoms. The summed E-state index contributed by atoms with van der Waals surface area (Å²) in [4.78, 5) is 11.3. The Labute approximate surface area is 130 Å². The van der Waals surface area contributed by atoms with Gasteiger partial charge < -0.3 is 4.74 Å². The van der Waals surface area contributed by atoms with Crippen molar-refractivity contribution in [3.05, 3.63) is 29.8 Å². The molecule has 0 unspecified atom stereocenters. The van der Waals surface area contributed by atoms with E-state index in [1.54, 1.807) is 23.9 Å². The van der Waals surface area contributed by atoms with Gasteiger partial charge in [-0.3, -0.25) is 4.79 Å². The Hall–Kier alpha value is -1.05. The number of nitrogens with one attached hydrogen (secondary N) is 1. The van der Waals surface area contributed by atoms with Gasteiger partial charge in [-0.25, -0.2) is 13.1 Å². The highest BCUT2D eigenvalue weighted by atomic mass is 32.2. The third-order valence-corrected chi connectivity index (χ3v) is 5.05. The molecule has 118 valence electrons. The Morgan fingerprint density at radius 1 is 1.24 bits per heavy atom. The van der Waals surface area contributed by atoms with Gasteiger partial charge in [0.2, 0.25) is 10.0 Å². The van der Waals surface area contributed by atoms with E-state index < -0.39 is 10.0 Å². The summed E-state index contributed by atoms with van der Waals surface area (Å²) >= 11 is 1.75. The molecule has 0 amide bonds. The number of carbonyl (C=O) groups is 1. The minimum atomic E-state index is -3.47. The molecule has 0 saturated carbocycles. The van der Waals surface area contributed by atoms with Crippen LogP contribution < -0.4 is 4.72 Å². The normalized spacial score (nSPS) is 11.3. The first-order valence-corrected chi connectivity index (χ1v) is 9.51. The predicted octanol–water partition coefficient (Wildman–Crippen LogP) is 1.82. The molecular formula is C14H21NO4S2. The zero-order chi connectivity index (χ0) is 15.7. The monoisotopic (exact) mass is 331 g/mol. The highest BCUT2D eigenvalue weighted by molar-refractivity contribution is 7.98. The van der Waals surface area contributed by atoms with Gasteiger partial charge in [-0.05, 0) is 42.5 Å². The Bertz CT molecular complexity index is 541. The molecule has 1 aromatic rings. The van der Waals surface area contributed by atoms with Gasteiger partial charge in [0.15, 0.2) is 0 Å². The molecule has 0 aromatic heterocycles. The van der Waals surface area contributed by atoms with Crippen LogP contribution >= 0.6 is 11.8 Å². The second-order valence-electron chi connectivity index (χ2n) is 4.49. The zero-order valence-corrected chi connectivity index (χ0v) is 13.9. The average molecular weight is 331 g/mol. The summed E-state index contributed by atoms with van der Waals surface area (Å²) in [5.74, 6) is 0.682. The second-order valence-corrected chi connectivity index (χ2v) is 7.25. The number of sulfonamides is 1. The Balaban J connectivity index is 2.56. The quantitative estimate of drug-likeness (QED) is 0.552. The van der Waals surface area contributed by atoms with Crippen molar-refractivity contribution < 1.29 is 17.9 Å². The van der Waals surface area contributed by atoms with Crippen LogP contribution in [0.1, 0.15) is 18.4 Å². The van der Waals surface area contributed by atoms with Gasteiger partial charge in [-0.15, -0.1) is 0 Å². The van der Waals surface area contributed by atoms with Crippen molar-refractivity contribution in [2.45, 2.75) is 24.2 Å².